The summed E-state index contributed by atoms with van der Waals surface area (Å²) in [7, 11) is 3.78. The standard InChI is InChI=1S/C11H15FN2O2/c1-14(2)7-8-16-11(15)13-10-5-3-9(12)4-6-10/h3-6H,7-8H2,1-2H3,(H,13,15). The maximum Gasteiger partial charge on any atom is 0.411 e. The van der Waals surface area contributed by atoms with Crippen molar-refractivity contribution < 1.29 is 13.9 Å². The largest absolute Gasteiger partial charge is 0.448 e. The van der Waals surface area contributed by atoms with E-state index in [-0.39, 0.29) is 5.82 Å². The first kappa shape index (κ1) is 12.4. The molecule has 4 nitrogen and oxygen atoms in total. The average molecular weight is 226 g/mol. The molecule has 0 aromatic heterocycles. The summed E-state index contributed by atoms with van der Waals surface area (Å²) in [5, 5.41) is 2.50. The molecule has 0 aliphatic heterocycles. The van der Waals surface area contributed by atoms with Crippen molar-refractivity contribution in [1.82, 2.24) is 4.90 Å². The van der Waals surface area contributed by atoms with Crippen LogP contribution in [-0.4, -0.2) is 38.2 Å². The molecule has 88 valence electrons. The first-order valence-corrected chi connectivity index (χ1v) is 4.92. The number of rotatable bonds is 4. The van der Waals surface area contributed by atoms with E-state index < -0.39 is 6.09 Å². The lowest BCUT2D eigenvalue weighted by atomic mass is 10.3. The van der Waals surface area contributed by atoms with E-state index in [9.17, 15) is 9.18 Å². The van der Waals surface area contributed by atoms with E-state index in [1.807, 2.05) is 19.0 Å². The van der Waals surface area contributed by atoms with E-state index in [0.717, 1.165) is 0 Å². The van der Waals surface area contributed by atoms with Crippen molar-refractivity contribution in [2.45, 2.75) is 0 Å². The minimum atomic E-state index is -0.534. The quantitative estimate of drug-likeness (QED) is 0.853. The molecule has 16 heavy (non-hydrogen) atoms. The lowest BCUT2D eigenvalue weighted by molar-refractivity contribution is 0.151. The summed E-state index contributed by atoms with van der Waals surface area (Å²) in [6.45, 7) is 0.983. The number of ether oxygens (including phenoxy) is 1. The molecule has 5 heteroatoms. The number of likely N-dealkylation sites (N-methyl/N-ethyl adjacent to an activating group) is 1. The molecule has 0 fully saturated rings. The van der Waals surface area contributed by atoms with Crippen molar-refractivity contribution in [3.63, 3.8) is 0 Å². The molecular weight excluding hydrogens is 211 g/mol. The van der Waals surface area contributed by atoms with Crippen molar-refractivity contribution in [2.75, 3.05) is 32.6 Å². The Morgan fingerprint density at radius 2 is 2.00 bits per heavy atom. The molecule has 1 rings (SSSR count). The van der Waals surface area contributed by atoms with E-state index >= 15 is 0 Å². The maximum absolute atomic E-state index is 12.6. The van der Waals surface area contributed by atoms with E-state index in [0.29, 0.717) is 18.8 Å². The Morgan fingerprint density at radius 3 is 2.56 bits per heavy atom. The Hall–Kier alpha value is -1.62. The molecule has 1 aromatic carbocycles. The second-order valence-electron chi connectivity index (χ2n) is 3.57. The third-order valence-corrected chi connectivity index (χ3v) is 1.86. The summed E-state index contributed by atoms with van der Waals surface area (Å²) in [5.41, 5.74) is 0.510. The van der Waals surface area contributed by atoms with Gasteiger partial charge in [0.05, 0.1) is 0 Å². The van der Waals surface area contributed by atoms with Crippen LogP contribution in [0.4, 0.5) is 14.9 Å². The highest BCUT2D eigenvalue weighted by molar-refractivity contribution is 5.84. The zero-order chi connectivity index (χ0) is 12.0. The smallest absolute Gasteiger partial charge is 0.411 e. The normalized spacial score (nSPS) is 10.2. The fraction of sp³-hybridized carbons (Fsp3) is 0.364. The zero-order valence-electron chi connectivity index (χ0n) is 9.37. The number of carbonyl (C=O) groups is 1. The highest BCUT2D eigenvalue weighted by Crippen LogP contribution is 2.08. The highest BCUT2D eigenvalue weighted by atomic mass is 19.1. The number of benzene rings is 1. The lowest BCUT2D eigenvalue weighted by Crippen LogP contribution is -2.22. The molecule has 0 atom stereocenters. The van der Waals surface area contributed by atoms with Crippen LogP contribution in [0.1, 0.15) is 0 Å². The molecule has 0 radical (unpaired) electrons. The Bertz CT molecular complexity index is 338. The second-order valence-corrected chi connectivity index (χ2v) is 3.57. The van der Waals surface area contributed by atoms with Gasteiger partial charge in [0.25, 0.3) is 0 Å². The highest BCUT2D eigenvalue weighted by Gasteiger charge is 2.02. The summed E-state index contributed by atoms with van der Waals surface area (Å²) >= 11 is 0. The van der Waals surface area contributed by atoms with Crippen molar-refractivity contribution in [3.05, 3.63) is 30.1 Å². The van der Waals surface area contributed by atoms with Crippen molar-refractivity contribution in [3.8, 4) is 0 Å². The summed E-state index contributed by atoms with van der Waals surface area (Å²) < 4.78 is 17.5. The molecule has 0 aliphatic rings. The van der Waals surface area contributed by atoms with Gasteiger partial charge in [0, 0.05) is 12.2 Å². The van der Waals surface area contributed by atoms with Gasteiger partial charge in [0.2, 0.25) is 0 Å². The Balaban J connectivity index is 2.31. The summed E-state index contributed by atoms with van der Waals surface area (Å²) in [6.07, 6.45) is -0.534. The SMILES string of the molecule is CN(C)CCOC(=O)Nc1ccc(F)cc1. The predicted molar refractivity (Wildman–Crippen MR) is 59.9 cm³/mol. The van der Waals surface area contributed by atoms with Gasteiger partial charge in [-0.2, -0.15) is 0 Å². The van der Waals surface area contributed by atoms with E-state index in [1.165, 1.54) is 24.3 Å². The van der Waals surface area contributed by atoms with Gasteiger partial charge in [-0.3, -0.25) is 5.32 Å². The maximum atomic E-state index is 12.6. The molecule has 0 heterocycles. The van der Waals surface area contributed by atoms with Crippen LogP contribution in [-0.2, 0) is 4.74 Å². The third kappa shape index (κ3) is 4.75. The van der Waals surface area contributed by atoms with E-state index in [4.69, 9.17) is 4.74 Å². The van der Waals surface area contributed by atoms with Crippen molar-refractivity contribution >= 4 is 11.8 Å². The van der Waals surface area contributed by atoms with Crippen LogP contribution in [0.25, 0.3) is 0 Å². The number of nitrogens with zero attached hydrogens (tertiary/aromatic N) is 1. The van der Waals surface area contributed by atoms with Crippen LogP contribution in [0.2, 0.25) is 0 Å². The Morgan fingerprint density at radius 1 is 1.38 bits per heavy atom. The molecule has 0 spiro atoms. The number of halogens is 1. The van der Waals surface area contributed by atoms with Crippen molar-refractivity contribution in [1.29, 1.82) is 0 Å². The number of carbonyl (C=O) groups excluding carboxylic acids is 1. The lowest BCUT2D eigenvalue weighted by Gasteiger charge is -2.10. The van der Waals surface area contributed by atoms with Gasteiger partial charge in [0.15, 0.2) is 0 Å². The summed E-state index contributed by atoms with van der Waals surface area (Å²) in [6, 6.07) is 5.50. The van der Waals surface area contributed by atoms with Crippen LogP contribution in [0.15, 0.2) is 24.3 Å². The van der Waals surface area contributed by atoms with E-state index in [2.05, 4.69) is 5.32 Å². The van der Waals surface area contributed by atoms with Gasteiger partial charge in [0.1, 0.15) is 12.4 Å². The predicted octanol–water partition coefficient (Wildman–Crippen LogP) is 1.94. The molecule has 0 saturated carbocycles. The molecule has 0 saturated heterocycles. The van der Waals surface area contributed by atoms with Crippen LogP contribution >= 0.6 is 0 Å². The number of nitrogens with one attached hydrogen (secondary N) is 1. The van der Waals surface area contributed by atoms with Crippen LogP contribution in [0.3, 0.4) is 0 Å². The fourth-order valence-corrected chi connectivity index (χ4v) is 1.01. The van der Waals surface area contributed by atoms with Gasteiger partial charge in [-0.25, -0.2) is 9.18 Å². The molecule has 0 bridgehead atoms. The molecule has 1 amide bonds. The first-order chi connectivity index (χ1) is 7.58. The van der Waals surface area contributed by atoms with E-state index in [1.54, 1.807) is 0 Å². The average Bonchev–Trinajstić information content (AvgIpc) is 2.21. The fourth-order valence-electron chi connectivity index (χ4n) is 1.01. The zero-order valence-corrected chi connectivity index (χ0v) is 9.37. The molecule has 1 N–H and O–H groups in total. The van der Waals surface area contributed by atoms with Gasteiger partial charge < -0.3 is 9.64 Å². The van der Waals surface area contributed by atoms with Gasteiger partial charge in [-0.15, -0.1) is 0 Å². The minimum absolute atomic E-state index is 0.319. The Kier molecular flexibility index (Phi) is 4.72. The summed E-state index contributed by atoms with van der Waals surface area (Å²) in [5.74, 6) is -0.341. The van der Waals surface area contributed by atoms with Crippen molar-refractivity contribution in [2.24, 2.45) is 0 Å². The van der Waals surface area contributed by atoms with Gasteiger partial charge in [-0.05, 0) is 38.4 Å². The minimum Gasteiger partial charge on any atom is -0.448 e. The molecule has 1 aromatic rings. The molecular formula is C11H15FN2O2. The van der Waals surface area contributed by atoms with Crippen LogP contribution < -0.4 is 5.32 Å². The number of anilines is 1. The Labute approximate surface area is 94.0 Å². The summed E-state index contributed by atoms with van der Waals surface area (Å²) in [4.78, 5) is 13.1. The van der Waals surface area contributed by atoms with Gasteiger partial charge in [-0.1, -0.05) is 0 Å². The molecule has 0 unspecified atom stereocenters. The molecule has 0 aliphatic carbocycles. The van der Waals surface area contributed by atoms with Gasteiger partial charge >= 0.3 is 6.09 Å². The number of amides is 1. The first-order valence-electron chi connectivity index (χ1n) is 4.92. The second kappa shape index (κ2) is 6.07. The van der Waals surface area contributed by atoms with Crippen LogP contribution in [0, 0.1) is 5.82 Å². The third-order valence-electron chi connectivity index (χ3n) is 1.86. The monoisotopic (exact) mass is 226 g/mol. The number of hydrogen-bond acceptors (Lipinski definition) is 3. The topological polar surface area (TPSA) is 41.6 Å². The number of hydrogen-bond donors (Lipinski definition) is 1. The van der Waals surface area contributed by atoms with Crippen LogP contribution in [0.5, 0.6) is 0 Å².